The summed E-state index contributed by atoms with van der Waals surface area (Å²) in [6.45, 7) is 4.10. The maximum absolute atomic E-state index is 12.3. The lowest BCUT2D eigenvalue weighted by Gasteiger charge is -2.21. The Hall–Kier alpha value is -1.69. The molecular weight excluding hydrogens is 522 g/mol. The topological polar surface area (TPSA) is 89.8 Å². The number of unbranched alkanes of at least 4 members (excludes halogenated alkanes) is 16. The van der Waals surface area contributed by atoms with Gasteiger partial charge in [0.25, 0.3) is 0 Å². The SMILES string of the molecule is CCCCC/C=C\C=C/CCCCCCCCCCC(O)CC(=O)NC(CO)C(O)/C=C/CC/C=C/CCCCCC. The van der Waals surface area contributed by atoms with Gasteiger partial charge in [-0.25, -0.2) is 0 Å². The molecule has 0 aliphatic heterocycles. The predicted molar refractivity (Wildman–Crippen MR) is 181 cm³/mol. The van der Waals surface area contributed by atoms with Crippen molar-refractivity contribution in [3.8, 4) is 0 Å². The van der Waals surface area contributed by atoms with Crippen molar-refractivity contribution in [2.24, 2.45) is 0 Å². The Morgan fingerprint density at radius 1 is 0.619 bits per heavy atom. The molecule has 5 heteroatoms. The molecule has 0 aromatic rings. The van der Waals surface area contributed by atoms with Gasteiger partial charge in [-0.1, -0.05) is 140 Å². The van der Waals surface area contributed by atoms with E-state index in [0.717, 1.165) is 38.5 Å². The average Bonchev–Trinajstić information content (AvgIpc) is 2.98. The second kappa shape index (κ2) is 32.2. The molecule has 244 valence electrons. The summed E-state index contributed by atoms with van der Waals surface area (Å²) in [5.74, 6) is -0.335. The van der Waals surface area contributed by atoms with Crippen LogP contribution in [-0.4, -0.2) is 46.1 Å². The van der Waals surface area contributed by atoms with Gasteiger partial charge in [0.05, 0.1) is 31.3 Å². The average molecular weight is 590 g/mol. The van der Waals surface area contributed by atoms with Gasteiger partial charge in [0.15, 0.2) is 0 Å². The summed E-state index contributed by atoms with van der Waals surface area (Å²) in [6.07, 6.45) is 39.5. The number of hydrogen-bond donors (Lipinski definition) is 4. The molecule has 0 rings (SSSR count). The fourth-order valence-corrected chi connectivity index (χ4v) is 4.87. The lowest BCUT2D eigenvalue weighted by Crippen LogP contribution is -2.45. The smallest absolute Gasteiger partial charge is 0.222 e. The van der Waals surface area contributed by atoms with Crippen molar-refractivity contribution in [2.75, 3.05) is 6.61 Å². The first-order chi connectivity index (χ1) is 20.5. The zero-order chi connectivity index (χ0) is 30.9. The van der Waals surface area contributed by atoms with Gasteiger partial charge in [-0.3, -0.25) is 4.79 Å². The number of aliphatic hydroxyl groups excluding tert-OH is 3. The summed E-state index contributed by atoms with van der Waals surface area (Å²) in [4.78, 5) is 12.3. The zero-order valence-electron chi connectivity index (χ0n) is 27.4. The van der Waals surface area contributed by atoms with E-state index in [4.69, 9.17) is 0 Å². The number of nitrogens with one attached hydrogen (secondary N) is 1. The molecule has 0 bridgehead atoms. The fourth-order valence-electron chi connectivity index (χ4n) is 4.87. The molecule has 42 heavy (non-hydrogen) atoms. The van der Waals surface area contributed by atoms with Crippen LogP contribution >= 0.6 is 0 Å². The third-order valence-corrected chi connectivity index (χ3v) is 7.62. The highest BCUT2D eigenvalue weighted by Gasteiger charge is 2.20. The molecule has 0 saturated heterocycles. The van der Waals surface area contributed by atoms with Crippen LogP contribution in [0.1, 0.15) is 155 Å². The Bertz CT molecular complexity index is 700. The van der Waals surface area contributed by atoms with Crippen molar-refractivity contribution >= 4 is 5.91 Å². The summed E-state index contributed by atoms with van der Waals surface area (Å²) in [5.41, 5.74) is 0. The van der Waals surface area contributed by atoms with Gasteiger partial charge in [0.2, 0.25) is 5.91 Å². The van der Waals surface area contributed by atoms with Crippen LogP contribution in [0.5, 0.6) is 0 Å². The number of carbonyl (C=O) groups is 1. The first kappa shape index (κ1) is 40.3. The van der Waals surface area contributed by atoms with Gasteiger partial charge < -0.3 is 20.6 Å². The van der Waals surface area contributed by atoms with Crippen LogP contribution in [0.2, 0.25) is 0 Å². The monoisotopic (exact) mass is 590 g/mol. The van der Waals surface area contributed by atoms with Gasteiger partial charge in [-0.15, -0.1) is 0 Å². The van der Waals surface area contributed by atoms with E-state index in [1.54, 1.807) is 6.08 Å². The van der Waals surface area contributed by atoms with Gasteiger partial charge >= 0.3 is 0 Å². The van der Waals surface area contributed by atoms with Crippen LogP contribution in [0.3, 0.4) is 0 Å². The van der Waals surface area contributed by atoms with Gasteiger partial charge in [-0.05, 0) is 57.8 Å². The van der Waals surface area contributed by atoms with Crippen molar-refractivity contribution in [2.45, 2.75) is 173 Å². The summed E-state index contributed by atoms with van der Waals surface area (Å²) < 4.78 is 0. The highest BCUT2D eigenvalue weighted by Crippen LogP contribution is 2.13. The van der Waals surface area contributed by atoms with Crippen LogP contribution in [0.25, 0.3) is 0 Å². The minimum atomic E-state index is -0.951. The Kier molecular flexibility index (Phi) is 30.9. The molecule has 0 heterocycles. The van der Waals surface area contributed by atoms with E-state index in [-0.39, 0.29) is 18.9 Å². The molecule has 0 aliphatic rings. The van der Waals surface area contributed by atoms with E-state index in [9.17, 15) is 20.1 Å². The molecule has 0 spiro atoms. The molecule has 0 fully saturated rings. The number of allylic oxidation sites excluding steroid dienone is 7. The van der Waals surface area contributed by atoms with Crippen LogP contribution in [-0.2, 0) is 4.79 Å². The second-order valence-corrected chi connectivity index (χ2v) is 11.8. The van der Waals surface area contributed by atoms with E-state index >= 15 is 0 Å². The molecule has 0 aliphatic carbocycles. The molecule has 1 amide bonds. The predicted octanol–water partition coefficient (Wildman–Crippen LogP) is 9.03. The highest BCUT2D eigenvalue weighted by atomic mass is 16.3. The minimum Gasteiger partial charge on any atom is -0.394 e. The highest BCUT2D eigenvalue weighted by molar-refractivity contribution is 5.76. The molecule has 0 aromatic carbocycles. The standard InChI is InChI=1S/C37H67NO4/c1-3-5-7-9-11-13-15-16-17-18-19-20-21-22-24-26-28-30-34(40)32-37(42)38-35(33-39)36(41)31-29-27-25-23-14-12-10-8-6-4-2/h11,13-16,23,29,31,34-36,39-41H,3-10,12,17-22,24-28,30,32-33H2,1-2H3,(H,38,42)/b13-11-,16-15-,23-14+,31-29+. The van der Waals surface area contributed by atoms with Crippen molar-refractivity contribution in [1.82, 2.24) is 5.32 Å². The Morgan fingerprint density at radius 2 is 1.10 bits per heavy atom. The Balaban J connectivity index is 3.79. The number of hydrogen-bond acceptors (Lipinski definition) is 4. The zero-order valence-corrected chi connectivity index (χ0v) is 27.4. The molecule has 3 atom stereocenters. The summed E-state index contributed by atoms with van der Waals surface area (Å²) >= 11 is 0. The van der Waals surface area contributed by atoms with Crippen LogP contribution < -0.4 is 5.32 Å². The maximum Gasteiger partial charge on any atom is 0.222 e. The van der Waals surface area contributed by atoms with Crippen molar-refractivity contribution in [3.63, 3.8) is 0 Å². The van der Waals surface area contributed by atoms with E-state index in [1.807, 2.05) is 6.08 Å². The Labute approximate surface area is 259 Å². The van der Waals surface area contributed by atoms with Crippen LogP contribution in [0.4, 0.5) is 0 Å². The molecule has 5 nitrogen and oxygen atoms in total. The molecular formula is C37H67NO4. The second-order valence-electron chi connectivity index (χ2n) is 11.8. The minimum absolute atomic E-state index is 0.000913. The lowest BCUT2D eigenvalue weighted by atomic mass is 10.0. The molecule has 3 unspecified atom stereocenters. The number of rotatable bonds is 30. The number of carbonyl (C=O) groups excluding carboxylic acids is 1. The van der Waals surface area contributed by atoms with Crippen molar-refractivity contribution < 1.29 is 20.1 Å². The van der Waals surface area contributed by atoms with E-state index < -0.39 is 18.2 Å². The van der Waals surface area contributed by atoms with E-state index in [1.165, 1.54) is 89.9 Å². The van der Waals surface area contributed by atoms with Gasteiger partial charge in [0, 0.05) is 0 Å². The summed E-state index contributed by atoms with van der Waals surface area (Å²) in [6, 6.07) is -0.761. The third-order valence-electron chi connectivity index (χ3n) is 7.62. The molecule has 0 saturated carbocycles. The molecule has 0 aromatic heterocycles. The quantitative estimate of drug-likeness (QED) is 0.0382. The van der Waals surface area contributed by atoms with E-state index in [2.05, 4.69) is 55.6 Å². The number of aliphatic hydroxyl groups is 3. The molecule has 0 radical (unpaired) electrons. The van der Waals surface area contributed by atoms with Crippen molar-refractivity contribution in [1.29, 1.82) is 0 Å². The normalized spacial score (nSPS) is 14.5. The van der Waals surface area contributed by atoms with Crippen molar-refractivity contribution in [3.05, 3.63) is 48.6 Å². The summed E-state index contributed by atoms with van der Waals surface area (Å²) in [7, 11) is 0. The van der Waals surface area contributed by atoms with Gasteiger partial charge in [0.1, 0.15) is 0 Å². The Morgan fingerprint density at radius 3 is 1.71 bits per heavy atom. The maximum atomic E-state index is 12.3. The lowest BCUT2D eigenvalue weighted by molar-refractivity contribution is -0.124. The first-order valence-electron chi connectivity index (χ1n) is 17.4. The summed E-state index contributed by atoms with van der Waals surface area (Å²) in [5, 5.41) is 32.9. The fraction of sp³-hybridized carbons (Fsp3) is 0.757. The van der Waals surface area contributed by atoms with Crippen LogP contribution in [0.15, 0.2) is 48.6 Å². The van der Waals surface area contributed by atoms with Gasteiger partial charge in [-0.2, -0.15) is 0 Å². The third kappa shape index (κ3) is 28.4. The first-order valence-corrected chi connectivity index (χ1v) is 17.4. The number of amides is 1. The molecule has 4 N–H and O–H groups in total. The largest absolute Gasteiger partial charge is 0.394 e. The van der Waals surface area contributed by atoms with Crippen LogP contribution in [0, 0.1) is 0 Å². The van der Waals surface area contributed by atoms with E-state index in [0.29, 0.717) is 6.42 Å².